The molecular formula is C2H6N2O4S2. The van der Waals surface area contributed by atoms with Gasteiger partial charge in [0.1, 0.15) is 0 Å². The van der Waals surface area contributed by atoms with E-state index in [0.29, 0.717) is 5.06 Å². The fraction of sp³-hybridized carbons (Fsp3) is 0.500. The summed E-state index contributed by atoms with van der Waals surface area (Å²) in [5, 5.41) is 0.252. The Bertz CT molecular complexity index is 221. The zero-order valence-electron chi connectivity index (χ0n) is 5.01. The zero-order chi connectivity index (χ0) is 8.36. The standard InChI is InChI=1S/C2H6N2O4S2/c1-4(2(3)9)8-10(5,6)7/h1H3,(H2,3,9)(H,5,6,7). The fourth-order valence-corrected chi connectivity index (χ4v) is 0.625. The number of hydrogen-bond acceptors (Lipinski definition) is 4. The van der Waals surface area contributed by atoms with Crippen molar-refractivity contribution in [2.24, 2.45) is 5.73 Å². The number of hydroxylamine groups is 2. The molecule has 0 aliphatic rings. The zero-order valence-corrected chi connectivity index (χ0v) is 6.65. The lowest BCUT2D eigenvalue weighted by Gasteiger charge is -2.11. The van der Waals surface area contributed by atoms with Gasteiger partial charge < -0.3 is 5.73 Å². The van der Waals surface area contributed by atoms with Crippen LogP contribution in [0.25, 0.3) is 0 Å². The van der Waals surface area contributed by atoms with Crippen LogP contribution in [0.4, 0.5) is 0 Å². The summed E-state index contributed by atoms with van der Waals surface area (Å²) in [7, 11) is -3.36. The predicted octanol–water partition coefficient (Wildman–Crippen LogP) is -1.10. The minimum absolute atomic E-state index is 0.294. The van der Waals surface area contributed by atoms with Gasteiger partial charge in [-0.1, -0.05) is 0 Å². The van der Waals surface area contributed by atoms with Crippen LogP contribution in [0, 0.1) is 0 Å². The topological polar surface area (TPSA) is 92.9 Å². The van der Waals surface area contributed by atoms with Crippen LogP contribution in [0.5, 0.6) is 0 Å². The van der Waals surface area contributed by atoms with Gasteiger partial charge in [0.05, 0.1) is 0 Å². The van der Waals surface area contributed by atoms with Gasteiger partial charge in [-0.15, -0.1) is 4.28 Å². The van der Waals surface area contributed by atoms with Crippen LogP contribution in [0.1, 0.15) is 0 Å². The molecule has 0 aromatic rings. The van der Waals surface area contributed by atoms with Crippen molar-refractivity contribution in [2.75, 3.05) is 7.05 Å². The van der Waals surface area contributed by atoms with E-state index in [1.807, 2.05) is 0 Å². The lowest BCUT2D eigenvalue weighted by atomic mass is 11.1. The maximum absolute atomic E-state index is 9.92. The molecule has 8 heteroatoms. The van der Waals surface area contributed by atoms with Crippen molar-refractivity contribution in [3.8, 4) is 0 Å². The summed E-state index contributed by atoms with van der Waals surface area (Å²) in [5.41, 5.74) is 4.90. The fourth-order valence-electron chi connectivity index (χ4n) is 0.178. The van der Waals surface area contributed by atoms with E-state index in [-0.39, 0.29) is 5.11 Å². The molecule has 0 radical (unpaired) electrons. The van der Waals surface area contributed by atoms with Gasteiger partial charge in [-0.3, -0.25) is 4.55 Å². The smallest absolute Gasteiger partial charge is 0.374 e. The molecule has 0 unspecified atom stereocenters. The van der Waals surface area contributed by atoms with Crippen molar-refractivity contribution in [1.82, 2.24) is 5.06 Å². The monoisotopic (exact) mass is 186 g/mol. The molecule has 3 N–H and O–H groups in total. The highest BCUT2D eigenvalue weighted by Crippen LogP contribution is 1.90. The average molecular weight is 186 g/mol. The van der Waals surface area contributed by atoms with Crippen LogP contribution in [-0.2, 0) is 14.7 Å². The normalized spacial score (nSPS) is 11.0. The molecule has 6 nitrogen and oxygen atoms in total. The van der Waals surface area contributed by atoms with Crippen LogP contribution in [0.15, 0.2) is 0 Å². The van der Waals surface area contributed by atoms with Crippen LogP contribution in [-0.4, -0.2) is 30.2 Å². The van der Waals surface area contributed by atoms with Crippen molar-refractivity contribution in [2.45, 2.75) is 0 Å². The molecule has 10 heavy (non-hydrogen) atoms. The Hall–Kier alpha value is -0.440. The molecule has 0 heterocycles. The van der Waals surface area contributed by atoms with Crippen molar-refractivity contribution < 1.29 is 17.3 Å². The van der Waals surface area contributed by atoms with E-state index in [9.17, 15) is 8.42 Å². The molecule has 0 saturated heterocycles. The molecule has 0 bridgehead atoms. The molecule has 0 rings (SSSR count). The summed E-state index contributed by atoms with van der Waals surface area (Å²) in [6, 6.07) is 0. The maximum Gasteiger partial charge on any atom is 0.418 e. The maximum atomic E-state index is 9.92. The first-order valence-corrected chi connectivity index (χ1v) is 3.80. The number of thiocarbonyl (C=S) groups is 1. The van der Waals surface area contributed by atoms with Crippen LogP contribution >= 0.6 is 12.2 Å². The second kappa shape index (κ2) is 3.10. The van der Waals surface area contributed by atoms with Crippen molar-refractivity contribution >= 4 is 27.7 Å². The Balaban J connectivity index is 4.06. The Morgan fingerprint density at radius 1 is 1.80 bits per heavy atom. The Morgan fingerprint density at radius 2 is 2.20 bits per heavy atom. The molecule has 0 aromatic carbocycles. The van der Waals surface area contributed by atoms with Gasteiger partial charge in [0.2, 0.25) is 0 Å². The van der Waals surface area contributed by atoms with E-state index < -0.39 is 10.4 Å². The molecule has 0 fully saturated rings. The highest BCUT2D eigenvalue weighted by atomic mass is 32.3. The van der Waals surface area contributed by atoms with Crippen LogP contribution < -0.4 is 5.73 Å². The van der Waals surface area contributed by atoms with Crippen molar-refractivity contribution in [3.63, 3.8) is 0 Å². The summed E-state index contributed by atoms with van der Waals surface area (Å²) in [5.74, 6) is 0. The molecule has 0 aliphatic carbocycles. The third-order valence-electron chi connectivity index (χ3n) is 0.516. The number of rotatable bonds is 2. The number of hydrogen-bond donors (Lipinski definition) is 2. The summed E-state index contributed by atoms with van der Waals surface area (Å²) >= 11 is 4.29. The Morgan fingerprint density at radius 3 is 2.30 bits per heavy atom. The minimum Gasteiger partial charge on any atom is -0.374 e. The summed E-state index contributed by atoms with van der Waals surface area (Å²) in [4.78, 5) is 0. The molecule has 0 spiro atoms. The van der Waals surface area contributed by atoms with Gasteiger partial charge in [-0.05, 0) is 12.2 Å². The summed E-state index contributed by atoms with van der Waals surface area (Å²) in [6.07, 6.45) is 0. The first kappa shape index (κ1) is 9.56. The van der Waals surface area contributed by atoms with Gasteiger partial charge in [-0.25, -0.2) is 5.06 Å². The summed E-state index contributed by atoms with van der Waals surface area (Å²) < 4.78 is 31.7. The van der Waals surface area contributed by atoms with Gasteiger partial charge in [0.15, 0.2) is 5.11 Å². The van der Waals surface area contributed by atoms with Gasteiger partial charge >= 0.3 is 10.4 Å². The molecule has 0 atom stereocenters. The summed E-state index contributed by atoms with van der Waals surface area (Å²) in [6.45, 7) is 0. The first-order chi connectivity index (χ1) is 4.33. The minimum atomic E-state index is -4.51. The molecule has 0 saturated carbocycles. The van der Waals surface area contributed by atoms with E-state index in [1.165, 1.54) is 0 Å². The molecule has 60 valence electrons. The lowest BCUT2D eigenvalue weighted by Crippen LogP contribution is -2.33. The first-order valence-electron chi connectivity index (χ1n) is 2.03. The van der Waals surface area contributed by atoms with E-state index in [4.69, 9.17) is 10.3 Å². The average Bonchev–Trinajstić information content (AvgIpc) is 1.60. The molecule has 0 aromatic heterocycles. The van der Waals surface area contributed by atoms with E-state index >= 15 is 0 Å². The Labute approximate surface area is 63.5 Å². The third-order valence-corrected chi connectivity index (χ3v) is 1.19. The number of nitrogens with two attached hydrogens (primary N) is 1. The van der Waals surface area contributed by atoms with E-state index in [2.05, 4.69) is 16.5 Å². The second-order valence-corrected chi connectivity index (χ2v) is 2.76. The van der Waals surface area contributed by atoms with Crippen molar-refractivity contribution in [1.29, 1.82) is 0 Å². The molecule has 0 amide bonds. The quantitative estimate of drug-likeness (QED) is 0.321. The van der Waals surface area contributed by atoms with Gasteiger partial charge in [0.25, 0.3) is 0 Å². The van der Waals surface area contributed by atoms with E-state index in [0.717, 1.165) is 7.05 Å². The molecule has 0 aliphatic heterocycles. The highest BCUT2D eigenvalue weighted by Gasteiger charge is 2.10. The highest BCUT2D eigenvalue weighted by molar-refractivity contribution is 7.81. The Kier molecular flexibility index (Phi) is 2.96. The van der Waals surface area contributed by atoms with Gasteiger partial charge in [0, 0.05) is 7.05 Å². The SMILES string of the molecule is CN(OS(=O)(=O)O)C(N)=S. The van der Waals surface area contributed by atoms with Crippen LogP contribution in [0.3, 0.4) is 0 Å². The third kappa shape index (κ3) is 4.44. The van der Waals surface area contributed by atoms with Crippen LogP contribution in [0.2, 0.25) is 0 Å². The lowest BCUT2D eigenvalue weighted by molar-refractivity contribution is 0.0424. The molecular weight excluding hydrogens is 180 g/mol. The van der Waals surface area contributed by atoms with Gasteiger partial charge in [-0.2, -0.15) is 8.42 Å². The second-order valence-electron chi connectivity index (χ2n) is 1.34. The largest absolute Gasteiger partial charge is 0.418 e. The van der Waals surface area contributed by atoms with Crippen molar-refractivity contribution in [3.05, 3.63) is 0 Å². The number of nitrogens with zero attached hydrogens (tertiary/aromatic N) is 1. The predicted molar refractivity (Wildman–Crippen MR) is 37.2 cm³/mol. The van der Waals surface area contributed by atoms with E-state index in [1.54, 1.807) is 0 Å².